The van der Waals surface area contributed by atoms with Crippen molar-refractivity contribution >= 4 is 0 Å². The number of fused-ring (bicyclic) bond motifs is 1. The van der Waals surface area contributed by atoms with Crippen molar-refractivity contribution in [1.82, 2.24) is 10.1 Å². The second-order valence-electron chi connectivity index (χ2n) is 4.81. The lowest BCUT2D eigenvalue weighted by molar-refractivity contribution is 0.351. The van der Waals surface area contributed by atoms with Gasteiger partial charge in [0.1, 0.15) is 0 Å². The van der Waals surface area contributed by atoms with Crippen LogP contribution in [0.5, 0.6) is 0 Å². The van der Waals surface area contributed by atoms with Crippen molar-refractivity contribution in [2.75, 3.05) is 6.54 Å². The van der Waals surface area contributed by atoms with E-state index in [0.717, 1.165) is 37.4 Å². The lowest BCUT2D eigenvalue weighted by Gasteiger charge is -2.00. The molecule has 0 radical (unpaired) electrons. The highest BCUT2D eigenvalue weighted by atomic mass is 16.5. The summed E-state index contributed by atoms with van der Waals surface area (Å²) in [5, 5.41) is 4.02. The number of nitrogens with zero attached hydrogens (tertiary/aromatic N) is 2. The summed E-state index contributed by atoms with van der Waals surface area (Å²) in [7, 11) is 0. The molecule has 0 unspecified atom stereocenters. The van der Waals surface area contributed by atoms with Crippen molar-refractivity contribution in [3.8, 4) is 0 Å². The first-order chi connectivity index (χ1) is 8.86. The van der Waals surface area contributed by atoms with Gasteiger partial charge in [-0.25, -0.2) is 0 Å². The van der Waals surface area contributed by atoms with Gasteiger partial charge < -0.3 is 10.3 Å². The molecule has 3 rings (SSSR count). The molecule has 1 aromatic heterocycles. The molecule has 1 aromatic carbocycles. The summed E-state index contributed by atoms with van der Waals surface area (Å²) in [5.74, 6) is 1.91. The maximum absolute atomic E-state index is 5.48. The predicted molar refractivity (Wildman–Crippen MR) is 68.3 cm³/mol. The van der Waals surface area contributed by atoms with Crippen LogP contribution in [0, 0.1) is 0 Å². The molecule has 0 amide bonds. The van der Waals surface area contributed by atoms with Gasteiger partial charge in [-0.2, -0.15) is 4.98 Å². The van der Waals surface area contributed by atoms with Gasteiger partial charge in [-0.3, -0.25) is 0 Å². The first-order valence-electron chi connectivity index (χ1n) is 6.46. The minimum atomic E-state index is 0.349. The van der Waals surface area contributed by atoms with Crippen molar-refractivity contribution in [2.45, 2.75) is 31.6 Å². The fourth-order valence-electron chi connectivity index (χ4n) is 2.53. The van der Waals surface area contributed by atoms with E-state index in [1.165, 1.54) is 11.1 Å². The second-order valence-corrected chi connectivity index (χ2v) is 4.81. The van der Waals surface area contributed by atoms with Crippen molar-refractivity contribution in [3.63, 3.8) is 0 Å². The Morgan fingerprint density at radius 2 is 1.94 bits per heavy atom. The molecule has 0 atom stereocenters. The van der Waals surface area contributed by atoms with Gasteiger partial charge in [-0.15, -0.1) is 0 Å². The normalized spacial score (nSPS) is 14.9. The monoisotopic (exact) mass is 243 g/mol. The zero-order valence-electron chi connectivity index (χ0n) is 10.3. The summed E-state index contributed by atoms with van der Waals surface area (Å²) in [4.78, 5) is 4.48. The van der Waals surface area contributed by atoms with E-state index in [2.05, 4.69) is 34.4 Å². The molecular formula is C14H17N3O. The molecular weight excluding hydrogens is 226 g/mol. The third-order valence-corrected chi connectivity index (χ3v) is 3.49. The average Bonchev–Trinajstić information content (AvgIpc) is 3.02. The summed E-state index contributed by atoms with van der Waals surface area (Å²) in [5.41, 5.74) is 8.29. The number of aryl methyl sites for hydroxylation is 1. The van der Waals surface area contributed by atoms with Crippen LogP contribution in [-0.4, -0.2) is 16.7 Å². The largest absolute Gasteiger partial charge is 0.339 e. The summed E-state index contributed by atoms with van der Waals surface area (Å²) in [6.45, 7) is 0.665. The molecule has 0 bridgehead atoms. The first kappa shape index (κ1) is 11.4. The van der Waals surface area contributed by atoms with Gasteiger partial charge in [-0.1, -0.05) is 29.4 Å². The highest BCUT2D eigenvalue weighted by Crippen LogP contribution is 2.32. The van der Waals surface area contributed by atoms with Gasteiger partial charge in [-0.05, 0) is 36.9 Å². The zero-order valence-corrected chi connectivity index (χ0v) is 10.3. The third kappa shape index (κ3) is 2.16. The Morgan fingerprint density at radius 1 is 1.22 bits per heavy atom. The van der Waals surface area contributed by atoms with E-state index in [-0.39, 0.29) is 0 Å². The molecule has 0 saturated heterocycles. The molecule has 1 heterocycles. The predicted octanol–water partition coefficient (Wildman–Crippen LogP) is 1.84. The van der Waals surface area contributed by atoms with Gasteiger partial charge in [0.2, 0.25) is 5.89 Å². The summed E-state index contributed by atoms with van der Waals surface area (Å²) < 4.78 is 5.37. The molecule has 1 aliphatic carbocycles. The number of benzene rings is 1. The number of aromatic nitrogens is 2. The third-order valence-electron chi connectivity index (χ3n) is 3.49. The van der Waals surface area contributed by atoms with Crippen LogP contribution in [0.15, 0.2) is 28.8 Å². The molecule has 0 aliphatic heterocycles. The number of hydrogen-bond acceptors (Lipinski definition) is 4. The van der Waals surface area contributed by atoms with E-state index >= 15 is 0 Å². The SMILES string of the molecule is NCCCc1noc(C2Cc3ccccc3C2)n1. The van der Waals surface area contributed by atoms with Crippen LogP contribution < -0.4 is 5.73 Å². The van der Waals surface area contributed by atoms with Crippen LogP contribution in [0.1, 0.15) is 35.2 Å². The standard InChI is InChI=1S/C14H17N3O/c15-7-3-6-13-16-14(18-17-13)12-8-10-4-1-2-5-11(10)9-12/h1-2,4-5,12H,3,6-9,15H2. The maximum atomic E-state index is 5.48. The highest BCUT2D eigenvalue weighted by Gasteiger charge is 2.26. The Bertz CT molecular complexity index is 510. The number of nitrogens with two attached hydrogens (primary N) is 1. The molecule has 94 valence electrons. The van der Waals surface area contributed by atoms with E-state index in [1.54, 1.807) is 0 Å². The van der Waals surface area contributed by atoms with Gasteiger partial charge in [0.25, 0.3) is 0 Å². The molecule has 2 aromatic rings. The van der Waals surface area contributed by atoms with E-state index in [1.807, 2.05) is 0 Å². The average molecular weight is 243 g/mol. The molecule has 0 fully saturated rings. The summed E-state index contributed by atoms with van der Waals surface area (Å²) in [6, 6.07) is 8.53. The molecule has 18 heavy (non-hydrogen) atoms. The zero-order chi connectivity index (χ0) is 12.4. The topological polar surface area (TPSA) is 64.9 Å². The summed E-state index contributed by atoms with van der Waals surface area (Å²) in [6.07, 6.45) is 3.73. The van der Waals surface area contributed by atoms with E-state index < -0.39 is 0 Å². The minimum Gasteiger partial charge on any atom is -0.339 e. The van der Waals surface area contributed by atoms with E-state index in [4.69, 9.17) is 10.3 Å². The molecule has 4 nitrogen and oxygen atoms in total. The van der Waals surface area contributed by atoms with Crippen molar-refractivity contribution < 1.29 is 4.52 Å². The molecule has 0 spiro atoms. The maximum Gasteiger partial charge on any atom is 0.230 e. The Kier molecular flexibility index (Phi) is 3.11. The molecule has 0 saturated carbocycles. The number of rotatable bonds is 4. The van der Waals surface area contributed by atoms with Gasteiger partial charge in [0.05, 0.1) is 0 Å². The van der Waals surface area contributed by atoms with Crippen molar-refractivity contribution in [2.24, 2.45) is 5.73 Å². The van der Waals surface area contributed by atoms with Crippen LogP contribution in [0.3, 0.4) is 0 Å². The highest BCUT2D eigenvalue weighted by molar-refractivity contribution is 5.34. The number of hydrogen-bond donors (Lipinski definition) is 1. The minimum absolute atomic E-state index is 0.349. The van der Waals surface area contributed by atoms with Crippen LogP contribution in [-0.2, 0) is 19.3 Å². The van der Waals surface area contributed by atoms with Crippen LogP contribution >= 0.6 is 0 Å². The Balaban J connectivity index is 1.72. The van der Waals surface area contributed by atoms with Crippen LogP contribution in [0.2, 0.25) is 0 Å². The van der Waals surface area contributed by atoms with Gasteiger partial charge in [0, 0.05) is 12.3 Å². The molecule has 2 N–H and O–H groups in total. The molecule has 4 heteroatoms. The van der Waals surface area contributed by atoms with E-state index in [9.17, 15) is 0 Å². The van der Waals surface area contributed by atoms with Gasteiger partial charge >= 0.3 is 0 Å². The first-order valence-corrected chi connectivity index (χ1v) is 6.46. The Morgan fingerprint density at radius 3 is 2.61 bits per heavy atom. The Hall–Kier alpha value is -1.68. The summed E-state index contributed by atoms with van der Waals surface area (Å²) >= 11 is 0. The fourth-order valence-corrected chi connectivity index (χ4v) is 2.53. The van der Waals surface area contributed by atoms with Gasteiger partial charge in [0.15, 0.2) is 5.82 Å². The second kappa shape index (κ2) is 4.90. The van der Waals surface area contributed by atoms with Crippen LogP contribution in [0.25, 0.3) is 0 Å². The van der Waals surface area contributed by atoms with Crippen molar-refractivity contribution in [1.29, 1.82) is 0 Å². The Labute approximate surface area is 106 Å². The quantitative estimate of drug-likeness (QED) is 0.890. The smallest absolute Gasteiger partial charge is 0.230 e. The lowest BCUT2D eigenvalue weighted by Crippen LogP contribution is -2.02. The van der Waals surface area contributed by atoms with E-state index in [0.29, 0.717) is 12.5 Å². The van der Waals surface area contributed by atoms with Crippen LogP contribution in [0.4, 0.5) is 0 Å². The van der Waals surface area contributed by atoms with Crippen molar-refractivity contribution in [3.05, 3.63) is 47.1 Å². The lowest BCUT2D eigenvalue weighted by atomic mass is 10.1. The fraction of sp³-hybridized carbons (Fsp3) is 0.429. The molecule has 1 aliphatic rings.